The van der Waals surface area contributed by atoms with Crippen molar-refractivity contribution in [3.05, 3.63) is 36.5 Å². The van der Waals surface area contributed by atoms with Crippen molar-refractivity contribution in [1.82, 2.24) is 0 Å². The van der Waals surface area contributed by atoms with Crippen LogP contribution in [-0.4, -0.2) is 18.7 Å². The third-order valence-corrected chi connectivity index (χ3v) is 1.99. The van der Waals surface area contributed by atoms with Crippen LogP contribution in [0.3, 0.4) is 0 Å². The van der Waals surface area contributed by atoms with Gasteiger partial charge in [-0.15, -0.1) is 0 Å². The van der Waals surface area contributed by atoms with Crippen LogP contribution in [-0.2, 0) is 9.59 Å². The van der Waals surface area contributed by atoms with Crippen LogP contribution in [0.25, 0.3) is 0 Å². The molecule has 1 aromatic carbocycles. The normalized spacial score (nSPS) is 9.38. The van der Waals surface area contributed by atoms with Gasteiger partial charge in [-0.1, -0.05) is 18.7 Å². The highest BCUT2D eigenvalue weighted by Gasteiger charge is 2.13. The number of allylic oxidation sites excluding steroid dienone is 1. The molecule has 0 heterocycles. The lowest BCUT2D eigenvalue weighted by molar-refractivity contribution is -0.132. The third-order valence-electron chi connectivity index (χ3n) is 1.99. The summed E-state index contributed by atoms with van der Waals surface area (Å²) in [5.74, 6) is -0.599. The molecule has 0 amide bonds. The zero-order chi connectivity index (χ0) is 12.1. The van der Waals surface area contributed by atoms with Gasteiger partial charge in [0.15, 0.2) is 0 Å². The van der Waals surface area contributed by atoms with Crippen molar-refractivity contribution in [3.63, 3.8) is 0 Å². The first kappa shape index (κ1) is 12.0. The van der Waals surface area contributed by atoms with Gasteiger partial charge in [0.1, 0.15) is 5.75 Å². The number of hydrogen-bond acceptors (Lipinski definition) is 4. The average molecular weight is 219 g/mol. The maximum atomic E-state index is 11.3. The topological polar surface area (TPSA) is 55.4 Å². The van der Waals surface area contributed by atoms with Gasteiger partial charge in [0.25, 0.3) is 0 Å². The van der Waals surface area contributed by atoms with Gasteiger partial charge in [-0.2, -0.15) is 0 Å². The molecule has 0 saturated heterocycles. The van der Waals surface area contributed by atoms with E-state index in [1.807, 2.05) is 0 Å². The van der Waals surface area contributed by atoms with Gasteiger partial charge in [-0.3, -0.25) is 9.59 Å². The predicted octanol–water partition coefficient (Wildman–Crippen LogP) is 1.78. The molecule has 0 fully saturated rings. The molecule has 0 aliphatic heterocycles. The van der Waals surface area contributed by atoms with Crippen molar-refractivity contribution in [2.45, 2.75) is 6.92 Å². The fourth-order valence-corrected chi connectivity index (χ4v) is 1.18. The average Bonchev–Trinajstić information content (AvgIpc) is 2.28. The van der Waals surface area contributed by atoms with Gasteiger partial charge in [0, 0.05) is 6.92 Å². The molecular formula is C12H13NO3. The van der Waals surface area contributed by atoms with Crippen molar-refractivity contribution in [2.24, 2.45) is 0 Å². The Morgan fingerprint density at radius 2 is 1.94 bits per heavy atom. The standard InChI is InChI=1S/C12H13NO3/c1-8(12(15)9(2)14)13-10-6-4-5-7-11(10)16-3/h4-7,13H,1H2,2-3H3. The Hall–Kier alpha value is -2.10. The molecule has 1 rings (SSSR count). The minimum Gasteiger partial charge on any atom is -0.495 e. The van der Waals surface area contributed by atoms with Gasteiger partial charge in [-0.25, -0.2) is 0 Å². The number of para-hydroxylation sites is 2. The molecule has 1 aromatic rings. The number of hydrogen-bond donors (Lipinski definition) is 1. The lowest BCUT2D eigenvalue weighted by Gasteiger charge is -2.10. The summed E-state index contributed by atoms with van der Waals surface area (Å²) in [6, 6.07) is 7.07. The van der Waals surface area contributed by atoms with E-state index in [0.29, 0.717) is 11.4 Å². The predicted molar refractivity (Wildman–Crippen MR) is 61.4 cm³/mol. The molecular weight excluding hydrogens is 206 g/mol. The molecule has 0 atom stereocenters. The SMILES string of the molecule is C=C(Nc1ccccc1OC)C(=O)C(C)=O. The van der Waals surface area contributed by atoms with E-state index in [1.165, 1.54) is 14.0 Å². The molecule has 0 aliphatic carbocycles. The molecule has 0 aromatic heterocycles. The largest absolute Gasteiger partial charge is 0.495 e. The van der Waals surface area contributed by atoms with Crippen LogP contribution in [0, 0.1) is 0 Å². The molecule has 1 N–H and O–H groups in total. The zero-order valence-electron chi connectivity index (χ0n) is 9.24. The molecule has 4 nitrogen and oxygen atoms in total. The Morgan fingerprint density at radius 1 is 1.31 bits per heavy atom. The number of ether oxygens (including phenoxy) is 1. The van der Waals surface area contributed by atoms with E-state index in [2.05, 4.69) is 11.9 Å². The van der Waals surface area contributed by atoms with Gasteiger partial charge in [0.05, 0.1) is 18.5 Å². The molecule has 0 bridgehead atoms. The number of rotatable bonds is 5. The Labute approximate surface area is 93.9 Å². The summed E-state index contributed by atoms with van der Waals surface area (Å²) in [6.45, 7) is 4.72. The minimum atomic E-state index is -0.633. The second-order valence-corrected chi connectivity index (χ2v) is 3.19. The van der Waals surface area contributed by atoms with E-state index < -0.39 is 11.6 Å². The maximum Gasteiger partial charge on any atom is 0.243 e. The van der Waals surface area contributed by atoms with Crippen LogP contribution < -0.4 is 10.1 Å². The van der Waals surface area contributed by atoms with E-state index in [9.17, 15) is 9.59 Å². The summed E-state index contributed by atoms with van der Waals surface area (Å²) in [7, 11) is 1.52. The number of carbonyl (C=O) groups excluding carboxylic acids is 2. The van der Waals surface area contributed by atoms with Crippen LogP contribution in [0.5, 0.6) is 5.75 Å². The number of nitrogens with one attached hydrogen (secondary N) is 1. The van der Waals surface area contributed by atoms with Crippen LogP contribution in [0.4, 0.5) is 5.69 Å². The van der Waals surface area contributed by atoms with Crippen molar-refractivity contribution in [3.8, 4) is 5.75 Å². The Bertz CT molecular complexity index is 438. The zero-order valence-corrected chi connectivity index (χ0v) is 9.24. The van der Waals surface area contributed by atoms with Crippen LogP contribution in [0.2, 0.25) is 0 Å². The Balaban J connectivity index is 2.85. The fourth-order valence-electron chi connectivity index (χ4n) is 1.18. The van der Waals surface area contributed by atoms with Crippen molar-refractivity contribution >= 4 is 17.3 Å². The minimum absolute atomic E-state index is 0.0389. The number of carbonyl (C=O) groups is 2. The monoisotopic (exact) mass is 219 g/mol. The number of Topliss-reactive ketones (excluding diaryl/α,β-unsaturated/α-hetero) is 2. The van der Waals surface area contributed by atoms with Crippen molar-refractivity contribution in [2.75, 3.05) is 12.4 Å². The summed E-state index contributed by atoms with van der Waals surface area (Å²) in [5, 5.41) is 2.75. The molecule has 0 aliphatic rings. The van der Waals surface area contributed by atoms with E-state index in [0.717, 1.165) is 0 Å². The first-order valence-corrected chi connectivity index (χ1v) is 4.70. The molecule has 16 heavy (non-hydrogen) atoms. The summed E-state index contributed by atoms with van der Waals surface area (Å²) in [6.07, 6.45) is 0. The quantitative estimate of drug-likeness (QED) is 0.605. The first-order valence-electron chi connectivity index (χ1n) is 4.70. The third kappa shape index (κ3) is 2.70. The lowest BCUT2D eigenvalue weighted by atomic mass is 10.2. The van der Waals surface area contributed by atoms with Gasteiger partial charge >= 0.3 is 0 Å². The number of methoxy groups -OCH3 is 1. The van der Waals surface area contributed by atoms with Gasteiger partial charge in [-0.05, 0) is 12.1 Å². The molecule has 0 radical (unpaired) electrons. The van der Waals surface area contributed by atoms with E-state index in [-0.39, 0.29) is 5.70 Å². The molecule has 0 unspecified atom stereocenters. The van der Waals surface area contributed by atoms with Gasteiger partial charge < -0.3 is 10.1 Å². The van der Waals surface area contributed by atoms with Crippen LogP contribution in [0.1, 0.15) is 6.92 Å². The summed E-state index contributed by atoms with van der Waals surface area (Å²) >= 11 is 0. The lowest BCUT2D eigenvalue weighted by Crippen LogP contribution is -2.17. The van der Waals surface area contributed by atoms with Crippen molar-refractivity contribution in [1.29, 1.82) is 0 Å². The highest BCUT2D eigenvalue weighted by atomic mass is 16.5. The number of ketones is 2. The summed E-state index contributed by atoms with van der Waals surface area (Å²) in [4.78, 5) is 22.1. The molecule has 0 spiro atoms. The van der Waals surface area contributed by atoms with E-state index in [1.54, 1.807) is 24.3 Å². The molecule has 4 heteroatoms. The summed E-state index contributed by atoms with van der Waals surface area (Å²) < 4.78 is 5.09. The maximum absolute atomic E-state index is 11.3. The molecule has 0 saturated carbocycles. The van der Waals surface area contributed by atoms with Crippen molar-refractivity contribution < 1.29 is 14.3 Å². The summed E-state index contributed by atoms with van der Waals surface area (Å²) in [5.41, 5.74) is 0.640. The fraction of sp³-hybridized carbons (Fsp3) is 0.167. The second-order valence-electron chi connectivity index (χ2n) is 3.19. The highest BCUT2D eigenvalue weighted by molar-refractivity contribution is 6.43. The number of benzene rings is 1. The molecule has 84 valence electrons. The second kappa shape index (κ2) is 5.11. The van der Waals surface area contributed by atoms with E-state index >= 15 is 0 Å². The van der Waals surface area contributed by atoms with Crippen LogP contribution in [0.15, 0.2) is 36.5 Å². The smallest absolute Gasteiger partial charge is 0.243 e. The highest BCUT2D eigenvalue weighted by Crippen LogP contribution is 2.24. The Kier molecular flexibility index (Phi) is 3.83. The number of anilines is 1. The van der Waals surface area contributed by atoms with Crippen LogP contribution >= 0.6 is 0 Å². The van der Waals surface area contributed by atoms with E-state index in [4.69, 9.17) is 4.74 Å². The first-order chi connectivity index (χ1) is 7.56. The Morgan fingerprint density at radius 3 is 2.50 bits per heavy atom. The van der Waals surface area contributed by atoms with Gasteiger partial charge in [0.2, 0.25) is 11.6 Å².